The van der Waals surface area contributed by atoms with Crippen LogP contribution in [0.3, 0.4) is 0 Å². The molecule has 1 amide bonds. The third-order valence-corrected chi connectivity index (χ3v) is 3.50. The Morgan fingerprint density at radius 2 is 2.00 bits per heavy atom. The number of rotatable bonds is 6. The standard InChI is InChI=1S/C13H27N3O2/c1-16(2)8-10-4-6-11(7-5-10)15-13(17)12(14)9-18-3/h10-12H,4-9,14H2,1-3H3,(H,15,17). The highest BCUT2D eigenvalue weighted by Crippen LogP contribution is 2.24. The second-order valence-electron chi connectivity index (χ2n) is 5.55. The molecule has 18 heavy (non-hydrogen) atoms. The van der Waals surface area contributed by atoms with Gasteiger partial charge in [-0.2, -0.15) is 0 Å². The van der Waals surface area contributed by atoms with Gasteiger partial charge in [-0.15, -0.1) is 0 Å². The Bertz CT molecular complexity index is 251. The molecular weight excluding hydrogens is 230 g/mol. The van der Waals surface area contributed by atoms with Crippen LogP contribution in [-0.2, 0) is 9.53 Å². The van der Waals surface area contributed by atoms with E-state index in [0.29, 0.717) is 6.04 Å². The summed E-state index contributed by atoms with van der Waals surface area (Å²) in [6.07, 6.45) is 4.49. The maximum Gasteiger partial charge on any atom is 0.239 e. The van der Waals surface area contributed by atoms with Gasteiger partial charge in [0.2, 0.25) is 5.91 Å². The molecule has 1 aliphatic rings. The highest BCUT2D eigenvalue weighted by atomic mass is 16.5. The summed E-state index contributed by atoms with van der Waals surface area (Å²) >= 11 is 0. The minimum atomic E-state index is -0.547. The van der Waals surface area contributed by atoms with E-state index in [4.69, 9.17) is 10.5 Å². The normalized spacial score (nSPS) is 26.1. The van der Waals surface area contributed by atoms with Crippen LogP contribution in [0.25, 0.3) is 0 Å². The van der Waals surface area contributed by atoms with E-state index in [2.05, 4.69) is 24.3 Å². The first kappa shape index (κ1) is 15.4. The van der Waals surface area contributed by atoms with Crippen molar-refractivity contribution in [1.82, 2.24) is 10.2 Å². The largest absolute Gasteiger partial charge is 0.383 e. The van der Waals surface area contributed by atoms with Gasteiger partial charge in [0.25, 0.3) is 0 Å². The van der Waals surface area contributed by atoms with Gasteiger partial charge in [0, 0.05) is 19.7 Å². The number of ether oxygens (including phenoxy) is 1. The smallest absolute Gasteiger partial charge is 0.239 e. The Labute approximate surface area is 110 Å². The first-order chi connectivity index (χ1) is 8.52. The molecule has 1 unspecified atom stereocenters. The first-order valence-corrected chi connectivity index (χ1v) is 6.72. The monoisotopic (exact) mass is 257 g/mol. The summed E-state index contributed by atoms with van der Waals surface area (Å²) in [5.41, 5.74) is 5.69. The summed E-state index contributed by atoms with van der Waals surface area (Å²) in [6.45, 7) is 1.42. The van der Waals surface area contributed by atoms with E-state index >= 15 is 0 Å². The van der Waals surface area contributed by atoms with Crippen molar-refractivity contribution in [3.05, 3.63) is 0 Å². The fourth-order valence-electron chi connectivity index (χ4n) is 2.57. The Kier molecular flexibility index (Phi) is 6.60. The lowest BCUT2D eigenvalue weighted by Gasteiger charge is -2.31. The zero-order chi connectivity index (χ0) is 13.5. The maximum absolute atomic E-state index is 11.7. The lowest BCUT2D eigenvalue weighted by Crippen LogP contribution is -2.48. The molecule has 1 atom stereocenters. The van der Waals surface area contributed by atoms with Crippen LogP contribution >= 0.6 is 0 Å². The molecule has 5 nitrogen and oxygen atoms in total. The maximum atomic E-state index is 11.7. The molecule has 0 radical (unpaired) electrons. The van der Waals surface area contributed by atoms with E-state index in [1.165, 1.54) is 12.8 Å². The number of nitrogens with one attached hydrogen (secondary N) is 1. The molecule has 0 aliphatic heterocycles. The van der Waals surface area contributed by atoms with Gasteiger partial charge in [-0.3, -0.25) is 4.79 Å². The molecule has 0 aromatic rings. The van der Waals surface area contributed by atoms with Gasteiger partial charge in [0.05, 0.1) is 6.61 Å². The molecule has 0 spiro atoms. The van der Waals surface area contributed by atoms with Crippen molar-refractivity contribution in [3.8, 4) is 0 Å². The fourth-order valence-corrected chi connectivity index (χ4v) is 2.57. The van der Waals surface area contributed by atoms with Crippen LogP contribution in [0.5, 0.6) is 0 Å². The van der Waals surface area contributed by atoms with Crippen LogP contribution in [0.1, 0.15) is 25.7 Å². The van der Waals surface area contributed by atoms with Gasteiger partial charge < -0.3 is 20.7 Å². The fraction of sp³-hybridized carbons (Fsp3) is 0.923. The molecule has 106 valence electrons. The minimum absolute atomic E-state index is 0.0899. The Hall–Kier alpha value is -0.650. The topological polar surface area (TPSA) is 67.6 Å². The minimum Gasteiger partial charge on any atom is -0.383 e. The van der Waals surface area contributed by atoms with Crippen molar-refractivity contribution >= 4 is 5.91 Å². The summed E-state index contributed by atoms with van der Waals surface area (Å²) in [4.78, 5) is 14.0. The zero-order valence-electron chi connectivity index (χ0n) is 11.8. The SMILES string of the molecule is COCC(N)C(=O)NC1CCC(CN(C)C)CC1. The van der Waals surface area contributed by atoms with Crippen LogP contribution in [0.4, 0.5) is 0 Å². The molecule has 0 saturated heterocycles. The third-order valence-electron chi connectivity index (χ3n) is 3.50. The molecule has 1 aliphatic carbocycles. The van der Waals surface area contributed by atoms with Gasteiger partial charge >= 0.3 is 0 Å². The summed E-state index contributed by atoms with van der Waals surface area (Å²) in [6, 6.07) is -0.256. The number of amides is 1. The highest BCUT2D eigenvalue weighted by Gasteiger charge is 2.24. The number of hydrogen-bond donors (Lipinski definition) is 2. The van der Waals surface area contributed by atoms with Crippen LogP contribution < -0.4 is 11.1 Å². The average Bonchev–Trinajstić information content (AvgIpc) is 2.31. The van der Waals surface area contributed by atoms with Gasteiger partial charge in [-0.05, 0) is 45.7 Å². The van der Waals surface area contributed by atoms with E-state index in [-0.39, 0.29) is 12.5 Å². The first-order valence-electron chi connectivity index (χ1n) is 6.72. The molecule has 0 aromatic carbocycles. The number of nitrogens with two attached hydrogens (primary N) is 1. The molecule has 1 saturated carbocycles. The summed E-state index contributed by atoms with van der Waals surface area (Å²) in [5.74, 6) is 0.675. The predicted octanol–water partition coefficient (Wildman–Crippen LogP) is 0.197. The van der Waals surface area contributed by atoms with E-state index in [1.54, 1.807) is 7.11 Å². The Balaban J connectivity index is 2.24. The quantitative estimate of drug-likeness (QED) is 0.713. The number of carbonyl (C=O) groups excluding carboxylic acids is 1. The van der Waals surface area contributed by atoms with Gasteiger partial charge in [-0.25, -0.2) is 0 Å². The second-order valence-corrected chi connectivity index (χ2v) is 5.55. The van der Waals surface area contributed by atoms with Crippen molar-refractivity contribution in [2.24, 2.45) is 11.7 Å². The molecule has 5 heteroatoms. The second kappa shape index (κ2) is 7.71. The number of hydrogen-bond acceptors (Lipinski definition) is 4. The van der Waals surface area contributed by atoms with E-state index < -0.39 is 6.04 Å². The number of methoxy groups -OCH3 is 1. The summed E-state index contributed by atoms with van der Waals surface area (Å²) in [5, 5.41) is 3.02. The molecule has 1 fully saturated rings. The van der Waals surface area contributed by atoms with Crippen molar-refractivity contribution in [2.75, 3.05) is 34.4 Å². The zero-order valence-corrected chi connectivity index (χ0v) is 11.8. The highest BCUT2D eigenvalue weighted by molar-refractivity contribution is 5.81. The van der Waals surface area contributed by atoms with Crippen molar-refractivity contribution in [3.63, 3.8) is 0 Å². The summed E-state index contributed by atoms with van der Waals surface area (Å²) in [7, 11) is 5.77. The van der Waals surface area contributed by atoms with Crippen molar-refractivity contribution in [2.45, 2.75) is 37.8 Å². The van der Waals surface area contributed by atoms with Crippen molar-refractivity contribution < 1.29 is 9.53 Å². The number of carbonyl (C=O) groups is 1. The molecule has 0 aromatic heterocycles. The lowest BCUT2D eigenvalue weighted by atomic mass is 9.85. The van der Waals surface area contributed by atoms with Crippen LogP contribution in [0, 0.1) is 5.92 Å². The molecular formula is C13H27N3O2. The van der Waals surface area contributed by atoms with Gasteiger partial charge in [0.15, 0.2) is 0 Å². The third kappa shape index (κ3) is 5.33. The van der Waals surface area contributed by atoms with Crippen molar-refractivity contribution in [1.29, 1.82) is 0 Å². The molecule has 0 heterocycles. The van der Waals surface area contributed by atoms with Gasteiger partial charge in [0.1, 0.15) is 6.04 Å². The molecule has 0 bridgehead atoms. The van der Waals surface area contributed by atoms with Crippen LogP contribution in [0.15, 0.2) is 0 Å². The van der Waals surface area contributed by atoms with E-state index in [9.17, 15) is 4.79 Å². The Morgan fingerprint density at radius 3 is 2.50 bits per heavy atom. The molecule has 3 N–H and O–H groups in total. The average molecular weight is 257 g/mol. The van der Waals surface area contributed by atoms with E-state index in [0.717, 1.165) is 25.3 Å². The predicted molar refractivity (Wildman–Crippen MR) is 72.3 cm³/mol. The number of nitrogens with zero attached hydrogens (tertiary/aromatic N) is 1. The van der Waals surface area contributed by atoms with Gasteiger partial charge in [-0.1, -0.05) is 0 Å². The van der Waals surface area contributed by atoms with Crippen LogP contribution in [0.2, 0.25) is 0 Å². The molecule has 1 rings (SSSR count). The summed E-state index contributed by atoms with van der Waals surface area (Å²) < 4.78 is 4.88. The Morgan fingerprint density at radius 1 is 1.39 bits per heavy atom. The van der Waals surface area contributed by atoms with E-state index in [1.807, 2.05) is 0 Å². The van der Waals surface area contributed by atoms with Crippen LogP contribution in [-0.4, -0.2) is 57.2 Å². The lowest BCUT2D eigenvalue weighted by molar-refractivity contribution is -0.124.